The van der Waals surface area contributed by atoms with E-state index in [-0.39, 0.29) is 6.54 Å². The molecule has 0 unspecified atom stereocenters. The van der Waals surface area contributed by atoms with Crippen molar-refractivity contribution in [2.24, 2.45) is 5.73 Å². The lowest BCUT2D eigenvalue weighted by atomic mass is 10.4. The van der Waals surface area contributed by atoms with Crippen molar-refractivity contribution in [3.05, 3.63) is 10.6 Å². The highest BCUT2D eigenvalue weighted by Gasteiger charge is 2.31. The molecule has 7 heteroatoms. The van der Waals surface area contributed by atoms with Crippen LogP contribution in [-0.2, 0) is 6.54 Å². The van der Waals surface area contributed by atoms with Gasteiger partial charge in [0.15, 0.2) is 5.13 Å². The van der Waals surface area contributed by atoms with Crippen LogP contribution < -0.4 is 10.6 Å². The van der Waals surface area contributed by atoms with Crippen molar-refractivity contribution < 1.29 is 13.2 Å². The molecule has 1 heterocycles. The summed E-state index contributed by atoms with van der Waals surface area (Å²) in [5.41, 5.74) is 6.17. The summed E-state index contributed by atoms with van der Waals surface area (Å²) in [6, 6.07) is 0. The molecule has 0 fully saturated rings. The quantitative estimate of drug-likeness (QED) is 0.895. The topological polar surface area (TPSA) is 42.2 Å². The van der Waals surface area contributed by atoms with Crippen LogP contribution in [0.3, 0.4) is 0 Å². The van der Waals surface area contributed by atoms with E-state index in [1.165, 1.54) is 16.2 Å². The van der Waals surface area contributed by atoms with Crippen LogP contribution in [-0.4, -0.2) is 24.2 Å². The zero-order valence-electron chi connectivity index (χ0n) is 9.14. The number of hydrogen-bond acceptors (Lipinski definition) is 4. The number of hydrogen-bond donors (Lipinski definition) is 1. The van der Waals surface area contributed by atoms with E-state index in [2.05, 4.69) is 4.98 Å². The first-order valence-corrected chi connectivity index (χ1v) is 5.67. The first kappa shape index (κ1) is 13.2. The van der Waals surface area contributed by atoms with E-state index in [0.717, 1.165) is 4.88 Å². The minimum absolute atomic E-state index is 0.274. The number of nitrogens with zero attached hydrogens (tertiary/aromatic N) is 2. The molecule has 0 bridgehead atoms. The van der Waals surface area contributed by atoms with Gasteiger partial charge in [-0.2, -0.15) is 13.2 Å². The predicted molar refractivity (Wildman–Crippen MR) is 58.7 cm³/mol. The number of halogens is 3. The largest absolute Gasteiger partial charge is 0.406 e. The highest BCUT2D eigenvalue weighted by molar-refractivity contribution is 7.15. The lowest BCUT2D eigenvalue weighted by Gasteiger charge is -2.21. The van der Waals surface area contributed by atoms with Gasteiger partial charge in [-0.1, -0.05) is 0 Å². The van der Waals surface area contributed by atoms with Crippen molar-refractivity contribution in [2.75, 3.05) is 18.0 Å². The molecule has 0 spiro atoms. The summed E-state index contributed by atoms with van der Waals surface area (Å²) in [7, 11) is 0. The fourth-order valence-corrected chi connectivity index (χ4v) is 2.27. The van der Waals surface area contributed by atoms with Gasteiger partial charge in [-0.05, 0) is 13.8 Å². The third kappa shape index (κ3) is 3.34. The number of aryl methyl sites for hydroxylation is 1. The standard InChI is InChI=1S/C9H14F3N3S/c1-3-15(5-9(10,11)12)8-14-6(2)7(4-13)16-8/h3-5,13H2,1-2H3. The highest BCUT2D eigenvalue weighted by Crippen LogP contribution is 2.28. The first-order valence-electron chi connectivity index (χ1n) is 4.85. The van der Waals surface area contributed by atoms with E-state index < -0.39 is 12.7 Å². The average Bonchev–Trinajstić information content (AvgIpc) is 2.54. The van der Waals surface area contributed by atoms with E-state index in [4.69, 9.17) is 5.73 Å². The molecule has 1 aromatic heterocycles. The minimum Gasteiger partial charge on any atom is -0.339 e. The highest BCUT2D eigenvalue weighted by atomic mass is 32.1. The number of aromatic nitrogens is 1. The molecule has 2 N–H and O–H groups in total. The number of rotatable bonds is 4. The lowest BCUT2D eigenvalue weighted by molar-refractivity contribution is -0.119. The van der Waals surface area contributed by atoms with Gasteiger partial charge in [-0.15, -0.1) is 11.3 Å². The maximum atomic E-state index is 12.3. The molecule has 0 amide bonds. The van der Waals surface area contributed by atoms with Crippen LogP contribution in [0.2, 0.25) is 0 Å². The number of alkyl halides is 3. The molecule has 0 atom stereocenters. The van der Waals surface area contributed by atoms with Crippen molar-refractivity contribution in [1.29, 1.82) is 0 Å². The van der Waals surface area contributed by atoms with Crippen LogP contribution in [0.5, 0.6) is 0 Å². The second-order valence-electron chi connectivity index (χ2n) is 3.34. The van der Waals surface area contributed by atoms with Gasteiger partial charge < -0.3 is 10.6 Å². The summed E-state index contributed by atoms with van der Waals surface area (Å²) >= 11 is 1.22. The predicted octanol–water partition coefficient (Wildman–Crippen LogP) is 2.30. The monoisotopic (exact) mass is 253 g/mol. The summed E-state index contributed by atoms with van der Waals surface area (Å²) < 4.78 is 36.8. The van der Waals surface area contributed by atoms with Crippen molar-refractivity contribution in [3.8, 4) is 0 Å². The Balaban J connectivity index is 2.87. The average molecular weight is 253 g/mol. The molecule has 0 saturated carbocycles. The minimum atomic E-state index is -4.21. The molecule has 0 aromatic carbocycles. The first-order chi connectivity index (χ1) is 7.37. The summed E-state index contributed by atoms with van der Waals surface area (Å²) in [6.45, 7) is 3.04. The molecule has 3 nitrogen and oxygen atoms in total. The Kier molecular flexibility index (Phi) is 4.15. The molecule has 16 heavy (non-hydrogen) atoms. The Morgan fingerprint density at radius 3 is 2.44 bits per heavy atom. The third-order valence-corrected chi connectivity index (χ3v) is 3.33. The second-order valence-corrected chi connectivity index (χ2v) is 4.40. The summed E-state index contributed by atoms with van der Waals surface area (Å²) in [4.78, 5) is 6.14. The molecule has 0 saturated heterocycles. The number of anilines is 1. The van der Waals surface area contributed by atoms with Gasteiger partial charge in [-0.3, -0.25) is 0 Å². The Hall–Kier alpha value is -0.820. The maximum Gasteiger partial charge on any atom is 0.406 e. The van der Waals surface area contributed by atoms with Crippen LogP contribution in [0.25, 0.3) is 0 Å². The zero-order chi connectivity index (χ0) is 12.3. The summed E-state index contributed by atoms with van der Waals surface area (Å²) in [5.74, 6) is 0. The van der Waals surface area contributed by atoms with Crippen LogP contribution in [0.15, 0.2) is 0 Å². The van der Waals surface area contributed by atoms with Crippen molar-refractivity contribution >= 4 is 16.5 Å². The van der Waals surface area contributed by atoms with E-state index >= 15 is 0 Å². The fraction of sp³-hybridized carbons (Fsp3) is 0.667. The molecule has 0 radical (unpaired) electrons. The molecule has 0 aliphatic rings. The Morgan fingerprint density at radius 1 is 1.44 bits per heavy atom. The van der Waals surface area contributed by atoms with Crippen molar-refractivity contribution in [3.63, 3.8) is 0 Å². The van der Waals surface area contributed by atoms with Gasteiger partial charge >= 0.3 is 6.18 Å². The Bertz CT molecular complexity index is 348. The molecular weight excluding hydrogens is 239 g/mol. The molecule has 1 aromatic rings. The smallest absolute Gasteiger partial charge is 0.339 e. The zero-order valence-corrected chi connectivity index (χ0v) is 9.95. The van der Waals surface area contributed by atoms with Gasteiger partial charge in [0.05, 0.1) is 5.69 Å². The fourth-order valence-electron chi connectivity index (χ4n) is 1.27. The van der Waals surface area contributed by atoms with E-state index in [0.29, 0.717) is 17.4 Å². The van der Waals surface area contributed by atoms with Crippen LogP contribution in [0.1, 0.15) is 17.5 Å². The third-order valence-electron chi connectivity index (χ3n) is 2.09. The van der Waals surface area contributed by atoms with Crippen LogP contribution in [0, 0.1) is 6.92 Å². The SMILES string of the molecule is CCN(CC(F)(F)F)c1nc(C)c(CN)s1. The van der Waals surface area contributed by atoms with Gasteiger partial charge in [0.25, 0.3) is 0 Å². The van der Waals surface area contributed by atoms with E-state index in [9.17, 15) is 13.2 Å². The van der Waals surface area contributed by atoms with Gasteiger partial charge in [0.1, 0.15) is 6.54 Å². The maximum absolute atomic E-state index is 12.3. The lowest BCUT2D eigenvalue weighted by Crippen LogP contribution is -2.33. The number of nitrogens with two attached hydrogens (primary N) is 1. The molecule has 92 valence electrons. The van der Waals surface area contributed by atoms with Gasteiger partial charge in [-0.25, -0.2) is 4.98 Å². The molecule has 0 aliphatic heterocycles. The van der Waals surface area contributed by atoms with Gasteiger partial charge in [0.2, 0.25) is 0 Å². The van der Waals surface area contributed by atoms with Crippen LogP contribution >= 0.6 is 11.3 Å². The molecule has 1 rings (SSSR count). The van der Waals surface area contributed by atoms with Crippen molar-refractivity contribution in [2.45, 2.75) is 26.6 Å². The second kappa shape index (κ2) is 5.01. The van der Waals surface area contributed by atoms with Crippen LogP contribution in [0.4, 0.5) is 18.3 Å². The van der Waals surface area contributed by atoms with E-state index in [1.807, 2.05) is 0 Å². The van der Waals surface area contributed by atoms with Crippen molar-refractivity contribution in [1.82, 2.24) is 4.98 Å². The summed E-state index contributed by atoms with van der Waals surface area (Å²) in [6.07, 6.45) is -4.21. The summed E-state index contributed by atoms with van der Waals surface area (Å²) in [5, 5.41) is 0.387. The Labute approximate surface area is 96.1 Å². The number of thiazole rings is 1. The Morgan fingerprint density at radius 2 is 2.06 bits per heavy atom. The molecule has 0 aliphatic carbocycles. The molecular formula is C9H14F3N3S. The van der Waals surface area contributed by atoms with Gasteiger partial charge in [0, 0.05) is 18.0 Å². The van der Waals surface area contributed by atoms with E-state index in [1.54, 1.807) is 13.8 Å². The normalized spacial score (nSPS) is 11.9.